The third kappa shape index (κ3) is 3.29. The van der Waals surface area contributed by atoms with Crippen molar-refractivity contribution in [2.24, 2.45) is 0 Å². The molecular formula is C12H11ClIN3. The maximum atomic E-state index is 5.94. The van der Waals surface area contributed by atoms with Crippen molar-refractivity contribution in [3.63, 3.8) is 0 Å². The fourth-order valence-electron chi connectivity index (χ4n) is 1.39. The van der Waals surface area contributed by atoms with Gasteiger partial charge in [-0.2, -0.15) is 0 Å². The standard InChI is InChI=1S/C12H11ClIN3/c1-2-11-16-10(13)7-12(17-11)15-9-6-4-3-5-8(9)14/h3-7H,2H2,1H3,(H,15,16,17). The fraction of sp³-hybridized carbons (Fsp3) is 0.167. The molecule has 5 heteroatoms. The third-order valence-corrected chi connectivity index (χ3v) is 3.33. The van der Waals surface area contributed by atoms with Gasteiger partial charge in [-0.05, 0) is 34.7 Å². The summed E-state index contributed by atoms with van der Waals surface area (Å²) >= 11 is 8.22. The van der Waals surface area contributed by atoms with Gasteiger partial charge in [0.2, 0.25) is 0 Å². The van der Waals surface area contributed by atoms with E-state index in [0.29, 0.717) is 5.15 Å². The highest BCUT2D eigenvalue weighted by Gasteiger charge is 2.04. The largest absolute Gasteiger partial charge is 0.339 e. The Bertz CT molecular complexity index is 531. The van der Waals surface area contributed by atoms with E-state index in [1.807, 2.05) is 31.2 Å². The molecule has 1 aromatic heterocycles. The minimum Gasteiger partial charge on any atom is -0.339 e. The molecule has 0 saturated heterocycles. The monoisotopic (exact) mass is 359 g/mol. The van der Waals surface area contributed by atoms with Gasteiger partial charge in [0.15, 0.2) is 0 Å². The molecule has 2 rings (SSSR count). The smallest absolute Gasteiger partial charge is 0.135 e. The molecule has 88 valence electrons. The van der Waals surface area contributed by atoms with Crippen LogP contribution in [0.15, 0.2) is 30.3 Å². The summed E-state index contributed by atoms with van der Waals surface area (Å²) in [5.41, 5.74) is 1.02. The van der Waals surface area contributed by atoms with Crippen molar-refractivity contribution < 1.29 is 0 Å². The van der Waals surface area contributed by atoms with Gasteiger partial charge in [-0.3, -0.25) is 0 Å². The summed E-state index contributed by atoms with van der Waals surface area (Å²) in [7, 11) is 0. The van der Waals surface area contributed by atoms with Gasteiger partial charge < -0.3 is 5.32 Å². The lowest BCUT2D eigenvalue weighted by Crippen LogP contribution is -2.00. The first-order chi connectivity index (χ1) is 8.19. The number of para-hydroxylation sites is 1. The molecule has 1 aromatic carbocycles. The Morgan fingerprint density at radius 1 is 1.29 bits per heavy atom. The van der Waals surface area contributed by atoms with E-state index in [4.69, 9.17) is 11.6 Å². The Kier molecular flexibility index (Phi) is 4.17. The van der Waals surface area contributed by atoms with Gasteiger partial charge in [-0.1, -0.05) is 30.7 Å². The summed E-state index contributed by atoms with van der Waals surface area (Å²) in [5.74, 6) is 1.47. The minimum absolute atomic E-state index is 0.463. The van der Waals surface area contributed by atoms with E-state index in [9.17, 15) is 0 Å². The number of hydrogen-bond donors (Lipinski definition) is 1. The number of nitrogens with zero attached hydrogens (tertiary/aromatic N) is 2. The number of halogens is 2. The molecule has 2 aromatic rings. The van der Waals surface area contributed by atoms with E-state index in [2.05, 4.69) is 37.9 Å². The van der Waals surface area contributed by atoms with Crippen LogP contribution >= 0.6 is 34.2 Å². The van der Waals surface area contributed by atoms with E-state index in [1.54, 1.807) is 6.07 Å². The SMILES string of the molecule is CCc1nc(Cl)cc(Nc2ccccc2I)n1. The summed E-state index contributed by atoms with van der Waals surface area (Å²) in [4.78, 5) is 8.51. The van der Waals surface area contributed by atoms with Crippen molar-refractivity contribution in [2.45, 2.75) is 13.3 Å². The van der Waals surface area contributed by atoms with Crippen LogP contribution in [0, 0.1) is 3.57 Å². The van der Waals surface area contributed by atoms with Crippen LogP contribution in [0.2, 0.25) is 5.15 Å². The van der Waals surface area contributed by atoms with Crippen molar-refractivity contribution in [1.29, 1.82) is 0 Å². The molecular weight excluding hydrogens is 349 g/mol. The molecule has 1 heterocycles. The zero-order valence-corrected chi connectivity index (χ0v) is 12.2. The first-order valence-electron chi connectivity index (χ1n) is 5.24. The summed E-state index contributed by atoms with van der Waals surface area (Å²) < 4.78 is 1.14. The molecule has 0 atom stereocenters. The number of aryl methyl sites for hydroxylation is 1. The summed E-state index contributed by atoms with van der Waals surface area (Å²) in [6, 6.07) is 9.74. The Morgan fingerprint density at radius 2 is 2.06 bits per heavy atom. The lowest BCUT2D eigenvalue weighted by atomic mass is 10.3. The molecule has 0 aliphatic carbocycles. The van der Waals surface area contributed by atoms with E-state index < -0.39 is 0 Å². The number of hydrogen-bond acceptors (Lipinski definition) is 3. The number of benzene rings is 1. The number of rotatable bonds is 3. The minimum atomic E-state index is 0.463. The van der Waals surface area contributed by atoms with Crippen LogP contribution in [0.5, 0.6) is 0 Å². The van der Waals surface area contributed by atoms with Gasteiger partial charge in [0, 0.05) is 16.1 Å². The molecule has 0 unspecified atom stereocenters. The molecule has 17 heavy (non-hydrogen) atoms. The van der Waals surface area contributed by atoms with Crippen LogP contribution in [0.3, 0.4) is 0 Å². The summed E-state index contributed by atoms with van der Waals surface area (Å²) in [6.07, 6.45) is 0.765. The van der Waals surface area contributed by atoms with E-state index in [1.165, 1.54) is 0 Å². The first kappa shape index (κ1) is 12.6. The molecule has 1 N–H and O–H groups in total. The lowest BCUT2D eigenvalue weighted by Gasteiger charge is -2.08. The third-order valence-electron chi connectivity index (χ3n) is 2.19. The second-order valence-electron chi connectivity index (χ2n) is 3.45. The van der Waals surface area contributed by atoms with Gasteiger partial charge in [-0.25, -0.2) is 9.97 Å². The van der Waals surface area contributed by atoms with Crippen LogP contribution < -0.4 is 5.32 Å². The zero-order chi connectivity index (χ0) is 12.3. The van der Waals surface area contributed by atoms with Gasteiger partial charge in [0.05, 0.1) is 5.69 Å². The van der Waals surface area contributed by atoms with Crippen molar-refractivity contribution in [2.75, 3.05) is 5.32 Å². The van der Waals surface area contributed by atoms with Gasteiger partial charge in [0.25, 0.3) is 0 Å². The quantitative estimate of drug-likeness (QED) is 0.664. The predicted molar refractivity (Wildman–Crippen MR) is 78.9 cm³/mol. The van der Waals surface area contributed by atoms with Crippen LogP contribution in [-0.4, -0.2) is 9.97 Å². The summed E-state index contributed by atoms with van der Waals surface area (Å²) in [6.45, 7) is 2.00. The van der Waals surface area contributed by atoms with Crippen molar-refractivity contribution in [3.8, 4) is 0 Å². The highest BCUT2D eigenvalue weighted by atomic mass is 127. The number of nitrogens with one attached hydrogen (secondary N) is 1. The number of anilines is 2. The first-order valence-corrected chi connectivity index (χ1v) is 6.69. The molecule has 0 amide bonds. The van der Waals surface area contributed by atoms with Gasteiger partial charge in [-0.15, -0.1) is 0 Å². The normalized spacial score (nSPS) is 10.3. The highest BCUT2D eigenvalue weighted by Crippen LogP contribution is 2.22. The van der Waals surface area contributed by atoms with Crippen LogP contribution in [-0.2, 0) is 6.42 Å². The molecule has 0 spiro atoms. The second kappa shape index (κ2) is 5.64. The topological polar surface area (TPSA) is 37.8 Å². The zero-order valence-electron chi connectivity index (χ0n) is 9.24. The fourth-order valence-corrected chi connectivity index (χ4v) is 2.11. The van der Waals surface area contributed by atoms with Gasteiger partial charge >= 0.3 is 0 Å². The summed E-state index contributed by atoms with van der Waals surface area (Å²) in [5, 5.41) is 3.71. The molecule has 0 radical (unpaired) electrons. The lowest BCUT2D eigenvalue weighted by molar-refractivity contribution is 0.943. The molecule has 3 nitrogen and oxygen atoms in total. The molecule has 0 fully saturated rings. The maximum absolute atomic E-state index is 5.94. The Balaban J connectivity index is 2.30. The Hall–Kier alpha value is -0.880. The average Bonchev–Trinajstić information content (AvgIpc) is 2.31. The maximum Gasteiger partial charge on any atom is 0.135 e. The second-order valence-corrected chi connectivity index (χ2v) is 5.00. The van der Waals surface area contributed by atoms with Gasteiger partial charge in [0.1, 0.15) is 16.8 Å². The van der Waals surface area contributed by atoms with Crippen LogP contribution in [0.1, 0.15) is 12.7 Å². The van der Waals surface area contributed by atoms with Crippen molar-refractivity contribution in [1.82, 2.24) is 9.97 Å². The molecule has 0 saturated carbocycles. The van der Waals surface area contributed by atoms with Crippen LogP contribution in [0.4, 0.5) is 11.5 Å². The van der Waals surface area contributed by atoms with E-state index in [0.717, 1.165) is 27.3 Å². The predicted octanol–water partition coefficient (Wildman–Crippen LogP) is 4.04. The van der Waals surface area contributed by atoms with Crippen molar-refractivity contribution >= 4 is 45.7 Å². The van der Waals surface area contributed by atoms with E-state index in [-0.39, 0.29) is 0 Å². The average molecular weight is 360 g/mol. The van der Waals surface area contributed by atoms with E-state index >= 15 is 0 Å². The Morgan fingerprint density at radius 3 is 2.76 bits per heavy atom. The molecule has 0 bridgehead atoms. The number of aromatic nitrogens is 2. The molecule has 0 aliphatic heterocycles. The van der Waals surface area contributed by atoms with Crippen molar-refractivity contribution in [3.05, 3.63) is 44.9 Å². The Labute approximate surface area is 119 Å². The molecule has 0 aliphatic rings. The van der Waals surface area contributed by atoms with Crippen LogP contribution in [0.25, 0.3) is 0 Å². The highest BCUT2D eigenvalue weighted by molar-refractivity contribution is 14.1.